The fourth-order valence-corrected chi connectivity index (χ4v) is 1.66. The number of rotatable bonds is 12. The van der Waals surface area contributed by atoms with E-state index >= 15 is 0 Å². The van der Waals surface area contributed by atoms with Crippen molar-refractivity contribution in [2.75, 3.05) is 20.3 Å². The van der Waals surface area contributed by atoms with E-state index in [-0.39, 0.29) is 25.5 Å². The Bertz CT molecular complexity index is 474. The quantitative estimate of drug-likeness (QED) is 0.165. The van der Waals surface area contributed by atoms with Gasteiger partial charge in [-0.05, 0) is 13.3 Å². The first kappa shape index (κ1) is 21.9. The number of ether oxygens (including phenoxy) is 2. The van der Waals surface area contributed by atoms with Crippen LogP contribution in [0.25, 0.3) is 5.53 Å². The van der Waals surface area contributed by atoms with Crippen LogP contribution in [0.5, 0.6) is 0 Å². The molecule has 0 bridgehead atoms. The topological polar surface area (TPSA) is 130 Å². The first-order chi connectivity index (χ1) is 11.3. The molecule has 0 heterocycles. The van der Waals surface area contributed by atoms with Gasteiger partial charge in [-0.3, -0.25) is 9.59 Å². The van der Waals surface area contributed by atoms with Crippen LogP contribution >= 0.6 is 0 Å². The summed E-state index contributed by atoms with van der Waals surface area (Å²) in [6.07, 6.45) is -0.0362. The zero-order valence-corrected chi connectivity index (χ0v) is 14.6. The highest BCUT2D eigenvalue weighted by Gasteiger charge is 2.25. The van der Waals surface area contributed by atoms with Gasteiger partial charge in [0.25, 0.3) is 0 Å². The molecule has 0 aliphatic carbocycles. The molecule has 0 aliphatic heterocycles. The smallest absolute Gasteiger partial charge is 0.328 e. The molecule has 0 spiro atoms. The first-order valence-corrected chi connectivity index (χ1v) is 7.75. The molecule has 0 saturated carbocycles. The molecule has 1 amide bonds. The third-order valence-electron chi connectivity index (χ3n) is 3.10. The van der Waals surface area contributed by atoms with Gasteiger partial charge in [0, 0.05) is 26.1 Å². The highest BCUT2D eigenvalue weighted by molar-refractivity contribution is 6.25. The third kappa shape index (κ3) is 9.83. The second kappa shape index (κ2) is 12.3. The number of amides is 1. The molecular formula is C15H26N4O5. The van der Waals surface area contributed by atoms with Crippen molar-refractivity contribution in [1.82, 2.24) is 10.6 Å². The molecule has 0 saturated heterocycles. The molecule has 136 valence electrons. The van der Waals surface area contributed by atoms with Crippen molar-refractivity contribution < 1.29 is 28.6 Å². The maximum atomic E-state index is 12.1. The van der Waals surface area contributed by atoms with E-state index in [2.05, 4.69) is 15.4 Å². The number of hydrogen-bond donors (Lipinski definition) is 2. The maximum absolute atomic E-state index is 12.1. The number of carbonyl (C=O) groups excluding carboxylic acids is 3. The average Bonchev–Trinajstić information content (AvgIpc) is 2.54. The van der Waals surface area contributed by atoms with Gasteiger partial charge in [-0.25, -0.2) is 4.79 Å². The Labute approximate surface area is 141 Å². The zero-order valence-electron chi connectivity index (χ0n) is 14.6. The number of Topliss-reactive ketones (excluding diaryl/α,β-unsaturated/α-hetero) is 1. The Morgan fingerprint density at radius 3 is 2.46 bits per heavy atom. The molecule has 0 aromatic rings. The Balaban J connectivity index is 4.64. The standard InChI is InChI=1S/C15H26N4O5/c1-10(2)17-7-8-24-15(22)13(6-5-12(20)9-18-16)19-14(21)11(3)23-4/h9-11,13,17H,5-8H2,1-4H3,(H,19,21)/t11-,13+/m1/s1. The molecule has 0 unspecified atom stereocenters. The van der Waals surface area contributed by atoms with Crippen LogP contribution in [-0.2, 0) is 23.9 Å². The predicted octanol–water partition coefficient (Wildman–Crippen LogP) is -0.303. The van der Waals surface area contributed by atoms with Crippen LogP contribution in [-0.4, -0.2) is 67.1 Å². The van der Waals surface area contributed by atoms with Crippen molar-refractivity contribution in [2.24, 2.45) is 0 Å². The summed E-state index contributed by atoms with van der Waals surface area (Å²) >= 11 is 0. The maximum Gasteiger partial charge on any atom is 0.328 e. The largest absolute Gasteiger partial charge is 0.463 e. The summed E-state index contributed by atoms with van der Waals surface area (Å²) in [4.78, 5) is 38.0. The van der Waals surface area contributed by atoms with Crippen molar-refractivity contribution in [2.45, 2.75) is 51.8 Å². The fourth-order valence-electron chi connectivity index (χ4n) is 1.66. The average molecular weight is 342 g/mol. The minimum atomic E-state index is -0.981. The van der Waals surface area contributed by atoms with Gasteiger partial charge in [-0.1, -0.05) is 13.8 Å². The second-order valence-electron chi connectivity index (χ2n) is 5.46. The Hall–Kier alpha value is -2.09. The molecule has 24 heavy (non-hydrogen) atoms. The van der Waals surface area contributed by atoms with Gasteiger partial charge >= 0.3 is 12.2 Å². The van der Waals surface area contributed by atoms with Crippen LogP contribution in [0.4, 0.5) is 0 Å². The summed E-state index contributed by atoms with van der Waals surface area (Å²) in [6.45, 7) is 6.09. The number of methoxy groups -OCH3 is 1. The van der Waals surface area contributed by atoms with Crippen molar-refractivity contribution in [3.05, 3.63) is 5.53 Å². The monoisotopic (exact) mass is 342 g/mol. The predicted molar refractivity (Wildman–Crippen MR) is 86.4 cm³/mol. The van der Waals surface area contributed by atoms with Crippen LogP contribution in [0.2, 0.25) is 0 Å². The van der Waals surface area contributed by atoms with Gasteiger partial charge in [0.2, 0.25) is 11.7 Å². The molecule has 0 rings (SSSR count). The van der Waals surface area contributed by atoms with E-state index in [1.54, 1.807) is 0 Å². The highest BCUT2D eigenvalue weighted by atomic mass is 16.5. The molecule has 0 fully saturated rings. The highest BCUT2D eigenvalue weighted by Crippen LogP contribution is 2.02. The molecular weight excluding hydrogens is 316 g/mol. The van der Waals surface area contributed by atoms with Crippen LogP contribution in [0, 0.1) is 0 Å². The minimum Gasteiger partial charge on any atom is -0.463 e. The first-order valence-electron chi connectivity index (χ1n) is 7.75. The van der Waals surface area contributed by atoms with Crippen LogP contribution < -0.4 is 10.6 Å². The number of carbonyl (C=O) groups is 3. The fraction of sp³-hybridized carbons (Fsp3) is 0.733. The zero-order chi connectivity index (χ0) is 18.5. The SMILES string of the molecule is CO[C@H](C)C(=O)N[C@@H](CCC(=O)C=[N+]=[N-])C(=O)OCCNC(C)C. The molecule has 0 aliphatic rings. The van der Waals surface area contributed by atoms with Crippen molar-refractivity contribution in [3.8, 4) is 0 Å². The number of nitrogens with zero attached hydrogens (tertiary/aromatic N) is 2. The van der Waals surface area contributed by atoms with Crippen molar-refractivity contribution >= 4 is 23.9 Å². The lowest BCUT2D eigenvalue weighted by atomic mass is 10.1. The normalized spacial score (nSPS) is 12.9. The van der Waals surface area contributed by atoms with E-state index in [9.17, 15) is 14.4 Å². The summed E-state index contributed by atoms with van der Waals surface area (Å²) in [5.41, 5.74) is 8.31. The van der Waals surface area contributed by atoms with E-state index in [0.717, 1.165) is 6.21 Å². The van der Waals surface area contributed by atoms with E-state index in [0.29, 0.717) is 6.54 Å². The summed E-state index contributed by atoms with van der Waals surface area (Å²) < 4.78 is 10.00. The van der Waals surface area contributed by atoms with Crippen LogP contribution in [0.1, 0.15) is 33.6 Å². The van der Waals surface area contributed by atoms with E-state index < -0.39 is 29.8 Å². The third-order valence-corrected chi connectivity index (χ3v) is 3.10. The number of hydrogen-bond acceptors (Lipinski definition) is 6. The second-order valence-corrected chi connectivity index (χ2v) is 5.46. The van der Waals surface area contributed by atoms with Gasteiger partial charge in [-0.15, -0.1) is 0 Å². The van der Waals surface area contributed by atoms with Gasteiger partial charge in [0.1, 0.15) is 18.8 Å². The number of nitrogens with one attached hydrogen (secondary N) is 2. The van der Waals surface area contributed by atoms with Gasteiger partial charge in [0.15, 0.2) is 0 Å². The lowest BCUT2D eigenvalue weighted by Crippen LogP contribution is -2.46. The molecule has 2 N–H and O–H groups in total. The molecule has 0 aromatic heterocycles. The summed E-state index contributed by atoms with van der Waals surface area (Å²) in [5.74, 6) is -1.58. The van der Waals surface area contributed by atoms with Crippen LogP contribution in [0.15, 0.2) is 0 Å². The Kier molecular flexibility index (Phi) is 11.3. The van der Waals surface area contributed by atoms with Gasteiger partial charge < -0.3 is 25.6 Å². The van der Waals surface area contributed by atoms with E-state index in [1.807, 2.05) is 13.8 Å². The van der Waals surface area contributed by atoms with Crippen molar-refractivity contribution in [3.63, 3.8) is 0 Å². The minimum absolute atomic E-state index is 0.0312. The van der Waals surface area contributed by atoms with Gasteiger partial charge in [0.05, 0.1) is 0 Å². The molecule has 9 heteroatoms. The summed E-state index contributed by atoms with van der Waals surface area (Å²) in [5, 5.41) is 5.59. The summed E-state index contributed by atoms with van der Waals surface area (Å²) in [7, 11) is 1.37. The Morgan fingerprint density at radius 2 is 1.92 bits per heavy atom. The molecule has 2 atom stereocenters. The number of ketones is 1. The van der Waals surface area contributed by atoms with Gasteiger partial charge in [-0.2, -0.15) is 4.79 Å². The molecule has 9 nitrogen and oxygen atoms in total. The number of esters is 1. The van der Waals surface area contributed by atoms with E-state index in [1.165, 1.54) is 14.0 Å². The molecule has 0 aromatic carbocycles. The lowest BCUT2D eigenvalue weighted by molar-refractivity contribution is -0.149. The summed E-state index contributed by atoms with van der Waals surface area (Å²) in [6, 6.07) is -0.720. The van der Waals surface area contributed by atoms with E-state index in [4.69, 9.17) is 15.0 Å². The van der Waals surface area contributed by atoms with Crippen molar-refractivity contribution in [1.29, 1.82) is 0 Å². The van der Waals surface area contributed by atoms with Crippen LogP contribution in [0.3, 0.4) is 0 Å². The lowest BCUT2D eigenvalue weighted by Gasteiger charge is -2.19. The Morgan fingerprint density at radius 1 is 1.25 bits per heavy atom. The molecule has 0 radical (unpaired) electrons.